The second kappa shape index (κ2) is 9.41. The van der Waals surface area contributed by atoms with Crippen molar-refractivity contribution in [3.05, 3.63) is 71.3 Å². The first kappa shape index (κ1) is 21.1. The van der Waals surface area contributed by atoms with E-state index in [9.17, 15) is 4.79 Å². The first-order chi connectivity index (χ1) is 16.2. The topological polar surface area (TPSA) is 106 Å². The van der Waals surface area contributed by atoms with E-state index in [1.807, 2.05) is 35.4 Å². The summed E-state index contributed by atoms with van der Waals surface area (Å²) in [5.41, 5.74) is 3.63. The van der Waals surface area contributed by atoms with Crippen LogP contribution in [0.4, 0.5) is 0 Å². The number of para-hydroxylation sites is 1. The number of aryl methyl sites for hydroxylation is 1. The molecule has 0 saturated carbocycles. The van der Waals surface area contributed by atoms with E-state index in [0.29, 0.717) is 49.0 Å². The molecule has 0 unspecified atom stereocenters. The third kappa shape index (κ3) is 4.73. The number of amides is 1. The second-order valence-electron chi connectivity index (χ2n) is 8.20. The maximum atomic E-state index is 13.5. The van der Waals surface area contributed by atoms with Crippen LogP contribution < -0.4 is 4.74 Å². The molecule has 9 heteroatoms. The highest BCUT2D eigenvalue weighted by Crippen LogP contribution is 2.23. The molecular formula is C24H25N5O4. The monoisotopic (exact) mass is 447 g/mol. The van der Waals surface area contributed by atoms with Gasteiger partial charge in [0.05, 0.1) is 18.8 Å². The molecule has 9 nitrogen and oxygen atoms in total. The lowest BCUT2D eigenvalue weighted by Crippen LogP contribution is -2.36. The fourth-order valence-electron chi connectivity index (χ4n) is 4.03. The molecule has 33 heavy (non-hydrogen) atoms. The van der Waals surface area contributed by atoms with Crippen molar-refractivity contribution in [1.29, 1.82) is 0 Å². The summed E-state index contributed by atoms with van der Waals surface area (Å²) in [6, 6.07) is 13.4. The molecule has 1 aliphatic heterocycles. The van der Waals surface area contributed by atoms with E-state index in [2.05, 4.69) is 21.4 Å². The number of nitrogens with zero attached hydrogens (tertiary/aromatic N) is 4. The van der Waals surface area contributed by atoms with Crippen molar-refractivity contribution in [1.82, 2.24) is 25.2 Å². The number of fused-ring (bicyclic) bond motifs is 1. The summed E-state index contributed by atoms with van der Waals surface area (Å²) in [5, 5.41) is 8.69. The van der Waals surface area contributed by atoms with Crippen molar-refractivity contribution in [2.24, 2.45) is 5.92 Å². The summed E-state index contributed by atoms with van der Waals surface area (Å²) >= 11 is 0. The predicted octanol–water partition coefficient (Wildman–Crippen LogP) is 3.16. The van der Waals surface area contributed by atoms with Gasteiger partial charge in [-0.15, -0.1) is 0 Å². The summed E-state index contributed by atoms with van der Waals surface area (Å²) < 4.78 is 16.5. The lowest BCUT2D eigenvalue weighted by molar-refractivity contribution is 0.0732. The zero-order chi connectivity index (χ0) is 22.6. The first-order valence-electron chi connectivity index (χ1n) is 11.0. The number of benzene rings is 1. The number of hydrogen-bond donors (Lipinski definition) is 1. The van der Waals surface area contributed by atoms with Crippen molar-refractivity contribution in [3.8, 4) is 5.75 Å². The van der Waals surface area contributed by atoms with Gasteiger partial charge in [0.2, 0.25) is 0 Å². The molecule has 0 radical (unpaired) electrons. The Morgan fingerprint density at radius 1 is 1.21 bits per heavy atom. The van der Waals surface area contributed by atoms with Gasteiger partial charge in [0, 0.05) is 36.3 Å². The molecule has 0 aliphatic carbocycles. The number of rotatable bonds is 6. The highest BCUT2D eigenvalue weighted by molar-refractivity contribution is 5.97. The van der Waals surface area contributed by atoms with Crippen LogP contribution in [0.15, 0.2) is 53.3 Å². The standard InChI is InChI=1S/C24H25N5O4/c1-16-21(28-33-27-16)15-32-22-5-3-2-4-20(22)24(30)29-10-11-31-14-17(13-29)12-19-7-6-18-8-9-25-23(18)26-19/h2-9,17H,10-15H2,1H3,(H,25,26)/t17-/m1/s1. The highest BCUT2D eigenvalue weighted by atomic mass is 16.6. The summed E-state index contributed by atoms with van der Waals surface area (Å²) in [6.07, 6.45) is 2.62. The second-order valence-corrected chi connectivity index (χ2v) is 8.20. The van der Waals surface area contributed by atoms with Crippen LogP contribution >= 0.6 is 0 Å². The van der Waals surface area contributed by atoms with Gasteiger partial charge < -0.3 is 19.4 Å². The molecule has 1 aliphatic rings. The Balaban J connectivity index is 1.29. The Bertz CT molecular complexity index is 1250. The SMILES string of the molecule is Cc1nonc1COc1ccccc1C(=O)N1CCOC[C@H](Cc2ccc3cc[nH]c3n2)C1. The van der Waals surface area contributed by atoms with E-state index in [-0.39, 0.29) is 18.4 Å². The molecule has 1 fully saturated rings. The number of aromatic nitrogens is 4. The molecule has 1 aromatic carbocycles. The maximum absolute atomic E-state index is 13.5. The summed E-state index contributed by atoms with van der Waals surface area (Å²) in [7, 11) is 0. The molecule has 0 spiro atoms. The molecule has 3 aromatic heterocycles. The minimum Gasteiger partial charge on any atom is -0.486 e. The van der Waals surface area contributed by atoms with E-state index in [1.54, 1.807) is 19.1 Å². The van der Waals surface area contributed by atoms with Crippen molar-refractivity contribution >= 4 is 16.9 Å². The van der Waals surface area contributed by atoms with Crippen LogP contribution in [0, 0.1) is 12.8 Å². The molecule has 1 amide bonds. The lowest BCUT2D eigenvalue weighted by Gasteiger charge is -2.24. The zero-order valence-electron chi connectivity index (χ0n) is 18.4. The summed E-state index contributed by atoms with van der Waals surface area (Å²) in [6.45, 7) is 4.18. The van der Waals surface area contributed by atoms with Crippen LogP contribution in [0.25, 0.3) is 11.0 Å². The minimum atomic E-state index is -0.0797. The van der Waals surface area contributed by atoms with Crippen LogP contribution in [-0.2, 0) is 17.8 Å². The normalized spacial score (nSPS) is 16.6. The highest BCUT2D eigenvalue weighted by Gasteiger charge is 2.26. The number of ether oxygens (including phenoxy) is 2. The van der Waals surface area contributed by atoms with Crippen molar-refractivity contribution in [3.63, 3.8) is 0 Å². The average molecular weight is 447 g/mol. The minimum absolute atomic E-state index is 0.0797. The van der Waals surface area contributed by atoms with Crippen LogP contribution in [0.5, 0.6) is 5.75 Å². The smallest absolute Gasteiger partial charge is 0.257 e. The molecular weight excluding hydrogens is 422 g/mol. The third-order valence-corrected chi connectivity index (χ3v) is 5.82. The molecule has 5 rings (SSSR count). The first-order valence-corrected chi connectivity index (χ1v) is 11.0. The lowest BCUT2D eigenvalue weighted by atomic mass is 10.0. The van der Waals surface area contributed by atoms with E-state index in [4.69, 9.17) is 19.1 Å². The number of hydrogen-bond acceptors (Lipinski definition) is 7. The Hall–Kier alpha value is -3.72. The Morgan fingerprint density at radius 2 is 2.12 bits per heavy atom. The van der Waals surface area contributed by atoms with Gasteiger partial charge in [-0.3, -0.25) is 4.79 Å². The van der Waals surface area contributed by atoms with Gasteiger partial charge in [-0.05, 0) is 43.7 Å². The quantitative estimate of drug-likeness (QED) is 0.484. The fraction of sp³-hybridized carbons (Fsp3) is 0.333. The van der Waals surface area contributed by atoms with Gasteiger partial charge >= 0.3 is 0 Å². The van der Waals surface area contributed by atoms with Crippen LogP contribution in [0.1, 0.15) is 27.4 Å². The van der Waals surface area contributed by atoms with Crippen molar-refractivity contribution in [2.75, 3.05) is 26.3 Å². The van der Waals surface area contributed by atoms with E-state index in [0.717, 1.165) is 23.1 Å². The number of H-pyrrole nitrogens is 1. The number of pyridine rings is 1. The third-order valence-electron chi connectivity index (χ3n) is 5.82. The van der Waals surface area contributed by atoms with Gasteiger partial charge in [-0.1, -0.05) is 22.4 Å². The Kier molecular flexibility index (Phi) is 6.03. The van der Waals surface area contributed by atoms with E-state index >= 15 is 0 Å². The number of carbonyl (C=O) groups excluding carboxylic acids is 1. The van der Waals surface area contributed by atoms with E-state index < -0.39 is 0 Å². The number of aromatic amines is 1. The summed E-state index contributed by atoms with van der Waals surface area (Å²) in [4.78, 5) is 23.2. The van der Waals surface area contributed by atoms with Gasteiger partial charge in [-0.25, -0.2) is 9.61 Å². The molecule has 0 bridgehead atoms. The molecule has 1 saturated heterocycles. The number of nitrogens with one attached hydrogen (secondary N) is 1. The predicted molar refractivity (Wildman–Crippen MR) is 120 cm³/mol. The largest absolute Gasteiger partial charge is 0.486 e. The van der Waals surface area contributed by atoms with Gasteiger partial charge in [0.25, 0.3) is 5.91 Å². The van der Waals surface area contributed by atoms with Gasteiger partial charge in [0.1, 0.15) is 29.4 Å². The Morgan fingerprint density at radius 3 is 3.00 bits per heavy atom. The maximum Gasteiger partial charge on any atom is 0.257 e. The van der Waals surface area contributed by atoms with Crippen molar-refractivity contribution < 1.29 is 18.9 Å². The fourth-order valence-corrected chi connectivity index (χ4v) is 4.03. The molecule has 4 aromatic rings. The molecule has 4 heterocycles. The van der Waals surface area contributed by atoms with Gasteiger partial charge in [0.15, 0.2) is 0 Å². The van der Waals surface area contributed by atoms with Crippen LogP contribution in [0.3, 0.4) is 0 Å². The van der Waals surface area contributed by atoms with Gasteiger partial charge in [-0.2, -0.15) is 0 Å². The molecule has 1 N–H and O–H groups in total. The molecule has 1 atom stereocenters. The summed E-state index contributed by atoms with van der Waals surface area (Å²) in [5.74, 6) is 0.572. The van der Waals surface area contributed by atoms with E-state index in [1.165, 1.54) is 0 Å². The van der Waals surface area contributed by atoms with Crippen molar-refractivity contribution in [2.45, 2.75) is 20.0 Å². The average Bonchev–Trinajstić information content (AvgIpc) is 3.40. The van der Waals surface area contributed by atoms with Crippen LogP contribution in [-0.4, -0.2) is 57.4 Å². The Labute approximate surface area is 190 Å². The molecule has 170 valence electrons. The van der Waals surface area contributed by atoms with Crippen LogP contribution in [0.2, 0.25) is 0 Å². The number of carbonyl (C=O) groups is 1. The zero-order valence-corrected chi connectivity index (χ0v) is 18.4.